The van der Waals surface area contributed by atoms with Crippen molar-refractivity contribution in [1.82, 2.24) is 5.09 Å². The first-order valence-electron chi connectivity index (χ1n) is 10.8. The lowest BCUT2D eigenvalue weighted by atomic mass is 10.1. The summed E-state index contributed by atoms with van der Waals surface area (Å²) >= 11 is 1.06. The van der Waals surface area contributed by atoms with E-state index >= 15 is 4.39 Å². The number of halogens is 1. The first-order valence-corrected chi connectivity index (χ1v) is 13.3. The van der Waals surface area contributed by atoms with Crippen LogP contribution in [0.15, 0.2) is 42.5 Å². The van der Waals surface area contributed by atoms with E-state index in [0.717, 1.165) is 11.3 Å². The third-order valence-corrected chi connectivity index (χ3v) is 8.34. The third kappa shape index (κ3) is 5.66. The Bertz CT molecular complexity index is 1240. The van der Waals surface area contributed by atoms with Crippen molar-refractivity contribution in [1.29, 1.82) is 0 Å². The van der Waals surface area contributed by atoms with Gasteiger partial charge >= 0.3 is 19.5 Å². The molecule has 2 aromatic carbocycles. The SMILES string of the molecule is CCCOC(=O)[C@H](C)NP(=O)(Oc1c(C)cccc1C)[C@@H](F)c1ccc2sc(C(=O)O)cc2c1. The van der Waals surface area contributed by atoms with Gasteiger partial charge < -0.3 is 14.4 Å². The zero-order valence-corrected chi connectivity index (χ0v) is 21.0. The smallest absolute Gasteiger partial charge is 0.355 e. The number of fused-ring (bicyclic) bond motifs is 1. The van der Waals surface area contributed by atoms with Crippen LogP contribution in [-0.4, -0.2) is 29.7 Å². The summed E-state index contributed by atoms with van der Waals surface area (Å²) in [4.78, 5) is 23.7. The van der Waals surface area contributed by atoms with Crippen LogP contribution >= 0.6 is 18.9 Å². The van der Waals surface area contributed by atoms with Crippen molar-refractivity contribution in [3.63, 3.8) is 0 Å². The molecule has 34 heavy (non-hydrogen) atoms. The molecule has 2 N–H and O–H groups in total. The molecular weight excluding hydrogens is 480 g/mol. The summed E-state index contributed by atoms with van der Waals surface area (Å²) in [5.74, 6) is -3.62. The van der Waals surface area contributed by atoms with Gasteiger partial charge in [0.15, 0.2) is 0 Å². The zero-order valence-electron chi connectivity index (χ0n) is 19.3. The number of hydrogen-bond acceptors (Lipinski definition) is 6. The van der Waals surface area contributed by atoms with Crippen molar-refractivity contribution in [3.05, 3.63) is 64.0 Å². The topological polar surface area (TPSA) is 102 Å². The van der Waals surface area contributed by atoms with Crippen LogP contribution in [0.1, 0.15) is 52.5 Å². The van der Waals surface area contributed by atoms with Gasteiger partial charge in [-0.25, -0.2) is 14.3 Å². The molecule has 1 unspecified atom stereocenters. The van der Waals surface area contributed by atoms with E-state index in [1.54, 1.807) is 38.1 Å². The van der Waals surface area contributed by atoms with Crippen LogP contribution in [0.2, 0.25) is 0 Å². The van der Waals surface area contributed by atoms with Gasteiger partial charge in [0.25, 0.3) is 0 Å². The summed E-state index contributed by atoms with van der Waals surface area (Å²) in [6, 6.07) is 10.1. The highest BCUT2D eigenvalue weighted by atomic mass is 32.1. The maximum absolute atomic E-state index is 16.0. The monoisotopic (exact) mass is 507 g/mol. The number of benzene rings is 2. The number of carbonyl (C=O) groups excluding carboxylic acids is 1. The third-order valence-electron chi connectivity index (χ3n) is 5.14. The van der Waals surface area contributed by atoms with Crippen molar-refractivity contribution >= 4 is 40.9 Å². The molecule has 182 valence electrons. The lowest BCUT2D eigenvalue weighted by Gasteiger charge is -2.27. The molecule has 0 aliphatic rings. The molecule has 0 saturated carbocycles. The number of aryl methyl sites for hydroxylation is 2. The Morgan fingerprint density at radius 1 is 1.18 bits per heavy atom. The second-order valence-corrected chi connectivity index (χ2v) is 11.1. The van der Waals surface area contributed by atoms with Crippen molar-refractivity contribution in [3.8, 4) is 5.75 Å². The molecular formula is C24H27FNO6PS. The van der Waals surface area contributed by atoms with Crippen molar-refractivity contribution in [2.24, 2.45) is 0 Å². The number of carbonyl (C=O) groups is 2. The van der Waals surface area contributed by atoms with Crippen LogP contribution in [0.3, 0.4) is 0 Å². The van der Waals surface area contributed by atoms with E-state index < -0.39 is 31.4 Å². The fourth-order valence-electron chi connectivity index (χ4n) is 3.38. The van der Waals surface area contributed by atoms with E-state index in [0.29, 0.717) is 27.6 Å². The summed E-state index contributed by atoms with van der Waals surface area (Å²) in [6.07, 6.45) is 0.611. The highest BCUT2D eigenvalue weighted by Gasteiger charge is 2.41. The molecule has 10 heteroatoms. The Hall–Kier alpha value is -2.74. The maximum atomic E-state index is 16.0. The Labute approximate surface area is 201 Å². The summed E-state index contributed by atoms with van der Waals surface area (Å²) < 4.78 is 41.6. The molecule has 1 heterocycles. The number of carboxylic acid groups (broad SMARTS) is 1. The highest BCUT2D eigenvalue weighted by molar-refractivity contribution is 7.57. The number of nitrogens with one attached hydrogen (secondary N) is 1. The number of para-hydroxylation sites is 1. The minimum absolute atomic E-state index is 0.0402. The van der Waals surface area contributed by atoms with Gasteiger partial charge in [0, 0.05) is 4.70 Å². The summed E-state index contributed by atoms with van der Waals surface area (Å²) in [5, 5.41) is 12.3. The summed E-state index contributed by atoms with van der Waals surface area (Å²) in [7, 11) is -4.37. The predicted octanol–water partition coefficient (Wildman–Crippen LogP) is 6.39. The van der Waals surface area contributed by atoms with E-state index in [2.05, 4.69) is 5.09 Å². The number of carboxylic acids is 1. The van der Waals surface area contributed by atoms with E-state index in [-0.39, 0.29) is 22.8 Å². The molecule has 0 spiro atoms. The quantitative estimate of drug-likeness (QED) is 0.242. The summed E-state index contributed by atoms with van der Waals surface area (Å²) in [6.45, 7) is 6.97. The molecule has 0 radical (unpaired) electrons. The van der Waals surface area contributed by atoms with Crippen LogP contribution in [0.5, 0.6) is 5.75 Å². The number of rotatable bonds is 10. The fourth-order valence-corrected chi connectivity index (χ4v) is 6.29. The minimum Gasteiger partial charge on any atom is -0.477 e. The number of aromatic carboxylic acids is 1. The van der Waals surface area contributed by atoms with Gasteiger partial charge in [-0.3, -0.25) is 9.36 Å². The molecule has 0 fully saturated rings. The molecule has 1 aromatic heterocycles. The Balaban J connectivity index is 2.01. The number of thiophene rings is 1. The van der Waals surface area contributed by atoms with E-state index in [1.165, 1.54) is 25.1 Å². The van der Waals surface area contributed by atoms with Crippen LogP contribution in [0.25, 0.3) is 10.1 Å². The van der Waals surface area contributed by atoms with Gasteiger partial charge in [-0.15, -0.1) is 11.3 Å². The second-order valence-electron chi connectivity index (χ2n) is 7.98. The van der Waals surface area contributed by atoms with E-state index in [1.807, 2.05) is 6.92 Å². The van der Waals surface area contributed by atoms with Gasteiger partial charge in [0.05, 0.1) is 6.61 Å². The number of ether oxygens (including phenoxy) is 1. The average Bonchev–Trinajstić information content (AvgIpc) is 3.23. The van der Waals surface area contributed by atoms with Gasteiger partial charge in [-0.2, -0.15) is 0 Å². The minimum atomic E-state index is -4.37. The average molecular weight is 508 g/mol. The Morgan fingerprint density at radius 3 is 2.47 bits per heavy atom. The highest BCUT2D eigenvalue weighted by Crippen LogP contribution is 2.58. The van der Waals surface area contributed by atoms with Crippen molar-refractivity contribution in [2.75, 3.05) is 6.61 Å². The van der Waals surface area contributed by atoms with Crippen LogP contribution < -0.4 is 9.61 Å². The first-order chi connectivity index (χ1) is 16.1. The first kappa shape index (κ1) is 25.9. The lowest BCUT2D eigenvalue weighted by molar-refractivity contribution is -0.145. The largest absolute Gasteiger partial charge is 0.477 e. The standard InChI is InChI=1S/C24H27FNO6PS/c1-5-11-31-24(29)16(4)26-33(30,32-21-14(2)7-6-8-15(21)3)22(25)17-9-10-19-18(12-17)13-20(34-19)23(27)28/h6-10,12-13,16,22H,5,11H2,1-4H3,(H,26,30)(H,27,28)/t16-,22+,33?/m0/s1. The molecule has 0 aliphatic heterocycles. The normalized spacial score (nSPS) is 14.9. The Kier molecular flexibility index (Phi) is 8.13. The van der Waals surface area contributed by atoms with Gasteiger partial charge in [-0.1, -0.05) is 31.2 Å². The molecule has 0 aliphatic carbocycles. The van der Waals surface area contributed by atoms with Gasteiger partial charge in [0.1, 0.15) is 16.7 Å². The number of esters is 1. The van der Waals surface area contributed by atoms with Crippen molar-refractivity contribution in [2.45, 2.75) is 46.1 Å². The van der Waals surface area contributed by atoms with E-state index in [9.17, 15) is 19.3 Å². The number of alkyl halides is 1. The maximum Gasteiger partial charge on any atom is 0.355 e. The lowest BCUT2D eigenvalue weighted by Crippen LogP contribution is -2.35. The zero-order chi connectivity index (χ0) is 25.0. The summed E-state index contributed by atoms with van der Waals surface area (Å²) in [5.41, 5.74) is 1.36. The molecule has 3 aromatic rings. The fraction of sp³-hybridized carbons (Fsp3) is 0.333. The van der Waals surface area contributed by atoms with E-state index in [4.69, 9.17) is 9.26 Å². The molecule has 3 rings (SSSR count). The molecule has 3 atom stereocenters. The van der Waals surface area contributed by atoms with Gasteiger partial charge in [-0.05, 0) is 67.5 Å². The number of hydrogen-bond donors (Lipinski definition) is 2. The van der Waals surface area contributed by atoms with Crippen molar-refractivity contribution < 1.29 is 32.9 Å². The van der Waals surface area contributed by atoms with Crippen LogP contribution in [0.4, 0.5) is 4.39 Å². The molecule has 0 bridgehead atoms. The van der Waals surface area contributed by atoms with Crippen LogP contribution in [-0.2, 0) is 14.1 Å². The molecule has 0 saturated heterocycles. The molecule has 0 amide bonds. The predicted molar refractivity (Wildman–Crippen MR) is 131 cm³/mol. The molecule has 7 nitrogen and oxygen atoms in total. The second kappa shape index (κ2) is 10.7. The van der Waals surface area contributed by atoms with Crippen LogP contribution in [0, 0.1) is 13.8 Å². The van der Waals surface area contributed by atoms with Gasteiger partial charge in [0.2, 0.25) is 5.91 Å². The Morgan fingerprint density at radius 2 is 1.85 bits per heavy atom.